The summed E-state index contributed by atoms with van der Waals surface area (Å²) in [5.41, 5.74) is 5.53. The standard InChI is InChI=1S/C15H19Cl2FN2O2.ClH/c1-9(12-10(16)2-3-11(18)13(12)17)20-14(21)15(8-19)4-6-22-7-5-15;/h2-3,9H,4-8,19H2,1H3,(H,20,21);1H. The first-order chi connectivity index (χ1) is 10.4. The highest BCUT2D eigenvalue weighted by molar-refractivity contribution is 6.36. The molecule has 2 rings (SSSR count). The van der Waals surface area contributed by atoms with Crippen molar-refractivity contribution in [3.05, 3.63) is 33.6 Å². The molecule has 1 atom stereocenters. The Hall–Kier alpha value is -0.590. The van der Waals surface area contributed by atoms with Crippen molar-refractivity contribution < 1.29 is 13.9 Å². The molecule has 23 heavy (non-hydrogen) atoms. The molecule has 0 aromatic heterocycles. The molecule has 8 heteroatoms. The smallest absolute Gasteiger partial charge is 0.228 e. The fourth-order valence-corrected chi connectivity index (χ4v) is 3.35. The van der Waals surface area contributed by atoms with Gasteiger partial charge < -0.3 is 15.8 Å². The van der Waals surface area contributed by atoms with E-state index in [0.29, 0.717) is 36.6 Å². The van der Waals surface area contributed by atoms with E-state index in [2.05, 4.69) is 5.32 Å². The summed E-state index contributed by atoms with van der Waals surface area (Å²) in [5.74, 6) is -0.746. The van der Waals surface area contributed by atoms with Crippen LogP contribution in [0.1, 0.15) is 31.4 Å². The van der Waals surface area contributed by atoms with Crippen molar-refractivity contribution in [2.45, 2.75) is 25.8 Å². The van der Waals surface area contributed by atoms with Gasteiger partial charge in [-0.15, -0.1) is 12.4 Å². The van der Waals surface area contributed by atoms with E-state index in [1.807, 2.05) is 0 Å². The summed E-state index contributed by atoms with van der Waals surface area (Å²) < 4.78 is 18.9. The van der Waals surface area contributed by atoms with Crippen molar-refractivity contribution in [3.63, 3.8) is 0 Å². The van der Waals surface area contributed by atoms with Crippen molar-refractivity contribution in [1.29, 1.82) is 0 Å². The first kappa shape index (κ1) is 20.5. The zero-order valence-electron chi connectivity index (χ0n) is 12.7. The number of rotatable bonds is 4. The summed E-state index contributed by atoms with van der Waals surface area (Å²) in [6, 6.07) is 2.10. The largest absolute Gasteiger partial charge is 0.381 e. The zero-order chi connectivity index (χ0) is 16.3. The van der Waals surface area contributed by atoms with Gasteiger partial charge in [0.15, 0.2) is 0 Å². The Balaban J connectivity index is 0.00000264. The van der Waals surface area contributed by atoms with Crippen LogP contribution in [0.5, 0.6) is 0 Å². The second-order valence-corrected chi connectivity index (χ2v) is 6.33. The molecule has 1 saturated heterocycles. The van der Waals surface area contributed by atoms with E-state index in [9.17, 15) is 9.18 Å². The predicted octanol–water partition coefficient (Wildman–Crippen LogP) is 3.49. The van der Waals surface area contributed by atoms with E-state index in [4.69, 9.17) is 33.7 Å². The zero-order valence-corrected chi connectivity index (χ0v) is 15.0. The molecule has 1 aromatic rings. The number of carbonyl (C=O) groups is 1. The van der Waals surface area contributed by atoms with Crippen molar-refractivity contribution >= 4 is 41.5 Å². The fourth-order valence-electron chi connectivity index (χ4n) is 2.65. The van der Waals surface area contributed by atoms with E-state index < -0.39 is 17.3 Å². The predicted molar refractivity (Wildman–Crippen MR) is 91.8 cm³/mol. The van der Waals surface area contributed by atoms with Gasteiger partial charge in [-0.3, -0.25) is 4.79 Å². The Morgan fingerprint density at radius 3 is 2.61 bits per heavy atom. The van der Waals surface area contributed by atoms with Gasteiger partial charge >= 0.3 is 0 Å². The van der Waals surface area contributed by atoms with Crippen LogP contribution in [-0.2, 0) is 9.53 Å². The van der Waals surface area contributed by atoms with Gasteiger partial charge in [0.1, 0.15) is 5.82 Å². The van der Waals surface area contributed by atoms with Crippen LogP contribution >= 0.6 is 35.6 Å². The molecule has 1 fully saturated rings. The van der Waals surface area contributed by atoms with Crippen molar-refractivity contribution in [2.75, 3.05) is 19.8 Å². The van der Waals surface area contributed by atoms with Crippen LogP contribution < -0.4 is 11.1 Å². The molecule has 1 aliphatic rings. The van der Waals surface area contributed by atoms with Crippen LogP contribution in [-0.4, -0.2) is 25.7 Å². The molecule has 1 aromatic carbocycles. The second-order valence-electron chi connectivity index (χ2n) is 5.55. The summed E-state index contributed by atoms with van der Waals surface area (Å²) in [5, 5.41) is 3.09. The second kappa shape index (κ2) is 8.49. The van der Waals surface area contributed by atoms with Gasteiger partial charge in [0.05, 0.1) is 16.5 Å². The van der Waals surface area contributed by atoms with E-state index in [0.717, 1.165) is 0 Å². The monoisotopic (exact) mass is 384 g/mol. The Morgan fingerprint density at radius 1 is 1.43 bits per heavy atom. The lowest BCUT2D eigenvalue weighted by Crippen LogP contribution is -2.49. The molecule has 3 N–H and O–H groups in total. The SMILES string of the molecule is CC(NC(=O)C1(CN)CCOCC1)c1c(Cl)ccc(F)c1Cl.Cl. The number of amides is 1. The summed E-state index contributed by atoms with van der Waals surface area (Å²) in [6.07, 6.45) is 1.12. The Morgan fingerprint density at radius 2 is 2.04 bits per heavy atom. The van der Waals surface area contributed by atoms with Gasteiger partial charge in [-0.2, -0.15) is 0 Å². The molecular formula is C15H20Cl3FN2O2. The summed E-state index contributed by atoms with van der Waals surface area (Å²) >= 11 is 12.1. The van der Waals surface area contributed by atoms with Crippen LogP contribution in [0.25, 0.3) is 0 Å². The maximum absolute atomic E-state index is 13.6. The molecular weight excluding hydrogens is 366 g/mol. The Bertz CT molecular complexity index is 566. The molecule has 1 aliphatic heterocycles. The number of nitrogens with two attached hydrogens (primary N) is 1. The van der Waals surface area contributed by atoms with Crippen molar-refractivity contribution in [3.8, 4) is 0 Å². The molecule has 0 bridgehead atoms. The number of halogens is 4. The molecule has 0 spiro atoms. The normalized spacial score (nSPS) is 18.0. The maximum atomic E-state index is 13.6. The van der Waals surface area contributed by atoms with Crippen LogP contribution in [0.3, 0.4) is 0 Å². The summed E-state index contributed by atoms with van der Waals surface area (Å²) in [7, 11) is 0. The molecule has 1 unspecified atom stereocenters. The first-order valence-corrected chi connectivity index (χ1v) is 7.89. The fraction of sp³-hybridized carbons (Fsp3) is 0.533. The van der Waals surface area contributed by atoms with Crippen molar-refractivity contribution in [1.82, 2.24) is 5.32 Å². The maximum Gasteiger partial charge on any atom is 0.228 e. The van der Waals surface area contributed by atoms with E-state index in [-0.39, 0.29) is 29.9 Å². The number of ether oxygens (including phenoxy) is 1. The highest BCUT2D eigenvalue weighted by Crippen LogP contribution is 2.34. The van der Waals surface area contributed by atoms with Gasteiger partial charge in [-0.1, -0.05) is 23.2 Å². The lowest BCUT2D eigenvalue weighted by Gasteiger charge is -2.35. The topological polar surface area (TPSA) is 64.4 Å². The Labute approximate surface area is 151 Å². The number of hydrogen-bond donors (Lipinski definition) is 2. The first-order valence-electron chi connectivity index (χ1n) is 7.13. The van der Waals surface area contributed by atoms with Crippen LogP contribution in [0.4, 0.5) is 4.39 Å². The van der Waals surface area contributed by atoms with Gasteiger partial charge in [0.2, 0.25) is 5.91 Å². The van der Waals surface area contributed by atoms with E-state index >= 15 is 0 Å². The minimum absolute atomic E-state index is 0. The average Bonchev–Trinajstić information content (AvgIpc) is 2.52. The quantitative estimate of drug-likeness (QED) is 0.780. The average molecular weight is 386 g/mol. The highest BCUT2D eigenvalue weighted by atomic mass is 35.5. The Kier molecular flexibility index (Phi) is 7.55. The lowest BCUT2D eigenvalue weighted by atomic mass is 9.79. The van der Waals surface area contributed by atoms with Crippen molar-refractivity contribution in [2.24, 2.45) is 11.1 Å². The molecule has 0 aliphatic carbocycles. The molecule has 0 radical (unpaired) electrons. The summed E-state index contributed by atoms with van der Waals surface area (Å²) in [4.78, 5) is 12.6. The minimum atomic E-state index is -0.654. The van der Waals surface area contributed by atoms with Gasteiger partial charge in [-0.25, -0.2) is 4.39 Å². The van der Waals surface area contributed by atoms with Crippen LogP contribution in [0.2, 0.25) is 10.0 Å². The van der Waals surface area contributed by atoms with Gasteiger partial charge in [-0.05, 0) is 31.9 Å². The third-order valence-electron chi connectivity index (χ3n) is 4.18. The molecule has 1 heterocycles. The van der Waals surface area contributed by atoms with Crippen LogP contribution in [0.15, 0.2) is 12.1 Å². The van der Waals surface area contributed by atoms with Gasteiger partial charge in [0.25, 0.3) is 0 Å². The lowest BCUT2D eigenvalue weighted by molar-refractivity contribution is -0.136. The summed E-state index contributed by atoms with van der Waals surface area (Å²) in [6.45, 7) is 2.95. The minimum Gasteiger partial charge on any atom is -0.381 e. The van der Waals surface area contributed by atoms with E-state index in [1.165, 1.54) is 12.1 Å². The third kappa shape index (κ3) is 4.28. The number of nitrogens with one attached hydrogen (secondary N) is 1. The molecule has 1 amide bonds. The number of benzene rings is 1. The third-order valence-corrected chi connectivity index (χ3v) is 4.90. The molecule has 130 valence electrons. The van der Waals surface area contributed by atoms with E-state index in [1.54, 1.807) is 6.92 Å². The number of hydrogen-bond acceptors (Lipinski definition) is 3. The van der Waals surface area contributed by atoms with Crippen LogP contribution in [0, 0.1) is 11.2 Å². The number of carbonyl (C=O) groups excluding carboxylic acids is 1. The van der Waals surface area contributed by atoms with Gasteiger partial charge in [0, 0.05) is 30.3 Å². The molecule has 4 nitrogen and oxygen atoms in total. The highest BCUT2D eigenvalue weighted by Gasteiger charge is 2.39. The molecule has 0 saturated carbocycles.